The molecule has 5 heteroatoms. The number of fused-ring (bicyclic) bond motifs is 1. The predicted molar refractivity (Wildman–Crippen MR) is 71.4 cm³/mol. The molecule has 3 rings (SSSR count). The molecule has 3 aromatic rings. The van der Waals surface area contributed by atoms with Crippen LogP contribution >= 0.6 is 0 Å². The van der Waals surface area contributed by atoms with Gasteiger partial charge in [-0.15, -0.1) is 0 Å². The molecule has 0 saturated carbocycles. The molecule has 1 N–H and O–H groups in total. The number of hydrogen-bond acceptors (Lipinski definition) is 2. The SMILES string of the molecule is O=[N+]([O-])c1cccc2[nH]cc(F)c12.c1ccccc1. The molecule has 4 nitrogen and oxygen atoms in total. The Morgan fingerprint density at radius 1 is 1.00 bits per heavy atom. The third kappa shape index (κ3) is 2.95. The number of non-ortho nitro benzene ring substituents is 1. The maximum Gasteiger partial charge on any atom is 0.281 e. The number of aromatic nitrogens is 1. The van der Waals surface area contributed by atoms with Crippen molar-refractivity contribution in [2.24, 2.45) is 0 Å². The van der Waals surface area contributed by atoms with Crippen molar-refractivity contribution in [2.45, 2.75) is 0 Å². The highest BCUT2D eigenvalue weighted by atomic mass is 19.1. The summed E-state index contributed by atoms with van der Waals surface area (Å²) in [6.45, 7) is 0. The number of H-pyrrole nitrogens is 1. The Hall–Kier alpha value is -2.69. The maximum atomic E-state index is 13.0. The fourth-order valence-corrected chi connectivity index (χ4v) is 1.66. The molecule has 0 fully saturated rings. The molecule has 0 aliphatic rings. The van der Waals surface area contributed by atoms with Gasteiger partial charge in [0, 0.05) is 12.3 Å². The van der Waals surface area contributed by atoms with Crippen molar-refractivity contribution in [3.05, 3.63) is 76.7 Å². The lowest BCUT2D eigenvalue weighted by molar-refractivity contribution is -0.383. The van der Waals surface area contributed by atoms with Crippen molar-refractivity contribution in [3.63, 3.8) is 0 Å². The van der Waals surface area contributed by atoms with Crippen LogP contribution in [0.5, 0.6) is 0 Å². The molecule has 0 aliphatic carbocycles. The Labute approximate surface area is 108 Å². The Balaban J connectivity index is 0.000000186. The summed E-state index contributed by atoms with van der Waals surface area (Å²) < 4.78 is 13.0. The quantitative estimate of drug-likeness (QED) is 0.531. The minimum Gasteiger partial charge on any atom is -0.358 e. The van der Waals surface area contributed by atoms with E-state index in [1.54, 1.807) is 6.07 Å². The smallest absolute Gasteiger partial charge is 0.281 e. The lowest BCUT2D eigenvalue weighted by Crippen LogP contribution is -1.88. The van der Waals surface area contributed by atoms with Crippen LogP contribution in [-0.2, 0) is 0 Å². The molecule has 0 aliphatic heterocycles. The van der Waals surface area contributed by atoms with Gasteiger partial charge in [0.05, 0.1) is 10.4 Å². The second-order valence-corrected chi connectivity index (χ2v) is 3.75. The van der Waals surface area contributed by atoms with E-state index in [9.17, 15) is 14.5 Å². The van der Waals surface area contributed by atoms with Crippen LogP contribution < -0.4 is 0 Å². The van der Waals surface area contributed by atoms with E-state index >= 15 is 0 Å². The molecule has 1 aromatic heterocycles. The zero-order chi connectivity index (χ0) is 13.7. The van der Waals surface area contributed by atoms with Gasteiger partial charge in [0.1, 0.15) is 5.39 Å². The fraction of sp³-hybridized carbons (Fsp3) is 0. The highest BCUT2D eigenvalue weighted by Crippen LogP contribution is 2.26. The number of halogens is 1. The molecule has 19 heavy (non-hydrogen) atoms. The zero-order valence-electron chi connectivity index (χ0n) is 9.92. The minimum absolute atomic E-state index is 0.0347. The topological polar surface area (TPSA) is 58.9 Å². The Bertz CT molecular complexity index is 654. The van der Waals surface area contributed by atoms with Gasteiger partial charge in [0.25, 0.3) is 5.69 Å². The van der Waals surface area contributed by atoms with Crippen molar-refractivity contribution in [1.29, 1.82) is 0 Å². The summed E-state index contributed by atoms with van der Waals surface area (Å²) in [6.07, 6.45) is 1.11. The van der Waals surface area contributed by atoms with E-state index in [-0.39, 0.29) is 11.1 Å². The van der Waals surface area contributed by atoms with Crippen LogP contribution in [0.2, 0.25) is 0 Å². The van der Waals surface area contributed by atoms with E-state index in [1.165, 1.54) is 12.1 Å². The lowest BCUT2D eigenvalue weighted by Gasteiger charge is -1.92. The van der Waals surface area contributed by atoms with Gasteiger partial charge in [0.15, 0.2) is 5.82 Å². The van der Waals surface area contributed by atoms with Gasteiger partial charge < -0.3 is 4.98 Å². The second-order valence-electron chi connectivity index (χ2n) is 3.75. The van der Waals surface area contributed by atoms with Gasteiger partial charge in [-0.1, -0.05) is 42.5 Å². The molecule has 96 valence electrons. The maximum absolute atomic E-state index is 13.0. The number of nitro groups is 1. The van der Waals surface area contributed by atoms with E-state index in [2.05, 4.69) is 4.98 Å². The van der Waals surface area contributed by atoms with Crippen LogP contribution in [0, 0.1) is 15.9 Å². The number of aromatic amines is 1. The molecule has 2 aromatic carbocycles. The standard InChI is InChI=1S/C8H5FN2O2.C6H6/c9-5-4-10-6-2-1-3-7(8(5)6)11(12)13;1-2-4-6-5-3-1/h1-4,10H;1-6H. The van der Waals surface area contributed by atoms with E-state index in [0.29, 0.717) is 5.52 Å². The monoisotopic (exact) mass is 258 g/mol. The first-order valence-corrected chi connectivity index (χ1v) is 5.60. The van der Waals surface area contributed by atoms with Crippen molar-refractivity contribution >= 4 is 16.6 Å². The highest BCUT2D eigenvalue weighted by molar-refractivity contribution is 5.89. The first kappa shape index (κ1) is 12.8. The van der Waals surface area contributed by atoms with Crippen molar-refractivity contribution in [3.8, 4) is 0 Å². The summed E-state index contributed by atoms with van der Waals surface area (Å²) >= 11 is 0. The number of nitrogens with one attached hydrogen (secondary N) is 1. The van der Waals surface area contributed by atoms with Crippen LogP contribution in [-0.4, -0.2) is 9.91 Å². The zero-order valence-corrected chi connectivity index (χ0v) is 9.92. The molecular weight excluding hydrogens is 247 g/mol. The van der Waals surface area contributed by atoms with Gasteiger partial charge in [-0.2, -0.15) is 0 Å². The first-order chi connectivity index (χ1) is 9.20. The number of nitrogens with zero attached hydrogens (tertiary/aromatic N) is 1. The van der Waals surface area contributed by atoms with E-state index < -0.39 is 10.7 Å². The number of hydrogen-bond donors (Lipinski definition) is 1. The van der Waals surface area contributed by atoms with Crippen LogP contribution in [0.25, 0.3) is 10.9 Å². The van der Waals surface area contributed by atoms with Crippen LogP contribution in [0.15, 0.2) is 60.8 Å². The normalized spacial score (nSPS) is 9.74. The fourth-order valence-electron chi connectivity index (χ4n) is 1.66. The third-order valence-electron chi connectivity index (χ3n) is 2.50. The van der Waals surface area contributed by atoms with Crippen molar-refractivity contribution in [1.82, 2.24) is 4.98 Å². The van der Waals surface area contributed by atoms with Gasteiger partial charge in [0.2, 0.25) is 0 Å². The van der Waals surface area contributed by atoms with Gasteiger partial charge in [-0.05, 0) is 6.07 Å². The molecule has 0 saturated heterocycles. The van der Waals surface area contributed by atoms with Crippen LogP contribution in [0.3, 0.4) is 0 Å². The average molecular weight is 258 g/mol. The molecule has 0 spiro atoms. The molecule has 0 atom stereocenters. The molecule has 1 heterocycles. The van der Waals surface area contributed by atoms with Crippen LogP contribution in [0.1, 0.15) is 0 Å². The molecule has 0 amide bonds. The Morgan fingerprint density at radius 2 is 1.58 bits per heavy atom. The number of rotatable bonds is 1. The summed E-state index contributed by atoms with van der Waals surface area (Å²) in [6, 6.07) is 16.4. The van der Waals surface area contributed by atoms with Crippen molar-refractivity contribution in [2.75, 3.05) is 0 Å². The molecule has 0 radical (unpaired) electrons. The Kier molecular flexibility index (Phi) is 3.87. The molecule has 0 bridgehead atoms. The van der Waals surface area contributed by atoms with Gasteiger partial charge in [-0.25, -0.2) is 4.39 Å². The molecular formula is C14H11FN2O2. The van der Waals surface area contributed by atoms with Crippen LogP contribution in [0.4, 0.5) is 10.1 Å². The summed E-state index contributed by atoms with van der Waals surface area (Å²) in [5.74, 6) is -0.595. The highest BCUT2D eigenvalue weighted by Gasteiger charge is 2.15. The third-order valence-corrected chi connectivity index (χ3v) is 2.50. The summed E-state index contributed by atoms with van der Waals surface area (Å²) in [5.41, 5.74) is 0.225. The van der Waals surface area contributed by atoms with Gasteiger partial charge in [-0.3, -0.25) is 10.1 Å². The Morgan fingerprint density at radius 3 is 2.11 bits per heavy atom. The number of nitro benzene ring substituents is 1. The average Bonchev–Trinajstić information content (AvgIpc) is 2.83. The van der Waals surface area contributed by atoms with E-state index in [4.69, 9.17) is 0 Å². The largest absolute Gasteiger partial charge is 0.358 e. The molecule has 0 unspecified atom stereocenters. The second kappa shape index (κ2) is 5.77. The predicted octanol–water partition coefficient (Wildman–Crippen LogP) is 3.90. The summed E-state index contributed by atoms with van der Waals surface area (Å²) in [7, 11) is 0. The van der Waals surface area contributed by atoms with Gasteiger partial charge >= 0.3 is 0 Å². The van der Waals surface area contributed by atoms with E-state index in [1.807, 2.05) is 36.4 Å². The lowest BCUT2D eigenvalue weighted by atomic mass is 10.2. The summed E-state index contributed by atoms with van der Waals surface area (Å²) in [4.78, 5) is 12.5. The van der Waals surface area contributed by atoms with Crippen molar-refractivity contribution < 1.29 is 9.31 Å². The number of benzene rings is 2. The van der Waals surface area contributed by atoms with E-state index in [0.717, 1.165) is 6.20 Å². The first-order valence-electron chi connectivity index (χ1n) is 5.60. The minimum atomic E-state index is -0.598. The summed E-state index contributed by atoms with van der Waals surface area (Å²) in [5, 5.41) is 10.5.